The monoisotopic (exact) mass is 274 g/mol. The first-order chi connectivity index (χ1) is 9.56. The molecule has 3 N–H and O–H groups in total. The molecule has 0 aliphatic rings. The molecule has 0 unspecified atom stereocenters. The van der Waals surface area contributed by atoms with Gasteiger partial charge in [-0.05, 0) is 31.2 Å². The van der Waals surface area contributed by atoms with E-state index in [1.807, 2.05) is 0 Å². The fraction of sp³-hybridized carbons (Fsp3) is 0.133. The molecule has 0 aliphatic heterocycles. The van der Waals surface area contributed by atoms with E-state index in [0.717, 1.165) is 0 Å². The maximum Gasteiger partial charge on any atom is 0.265 e. The third-order valence-electron chi connectivity index (χ3n) is 2.67. The SMILES string of the molecule is C[C@H](Oc1cccc(N)c1)C(=O)Nc1ccccc1F. The Bertz CT molecular complexity index is 616. The van der Waals surface area contributed by atoms with Gasteiger partial charge >= 0.3 is 0 Å². The normalized spacial score (nSPS) is 11.7. The molecule has 0 saturated heterocycles. The average Bonchev–Trinajstić information content (AvgIpc) is 2.41. The van der Waals surface area contributed by atoms with Crippen molar-refractivity contribution in [3.8, 4) is 5.75 Å². The third-order valence-corrected chi connectivity index (χ3v) is 2.67. The Morgan fingerprint density at radius 2 is 2.00 bits per heavy atom. The molecule has 4 nitrogen and oxygen atoms in total. The van der Waals surface area contributed by atoms with Crippen molar-refractivity contribution in [1.82, 2.24) is 0 Å². The minimum Gasteiger partial charge on any atom is -0.481 e. The first-order valence-corrected chi connectivity index (χ1v) is 6.14. The van der Waals surface area contributed by atoms with Gasteiger partial charge in [0, 0.05) is 11.8 Å². The molecule has 0 fully saturated rings. The van der Waals surface area contributed by atoms with E-state index in [0.29, 0.717) is 11.4 Å². The Balaban J connectivity index is 2.01. The van der Waals surface area contributed by atoms with Crippen LogP contribution in [0.3, 0.4) is 0 Å². The van der Waals surface area contributed by atoms with Gasteiger partial charge in [-0.1, -0.05) is 18.2 Å². The second-order valence-corrected chi connectivity index (χ2v) is 4.30. The number of carbonyl (C=O) groups is 1. The van der Waals surface area contributed by atoms with Crippen LogP contribution in [0.15, 0.2) is 48.5 Å². The molecular weight excluding hydrogens is 259 g/mol. The van der Waals surface area contributed by atoms with Gasteiger partial charge in [0.1, 0.15) is 11.6 Å². The van der Waals surface area contributed by atoms with Crippen LogP contribution in [0.25, 0.3) is 0 Å². The molecule has 2 rings (SSSR count). The number of hydrogen-bond donors (Lipinski definition) is 2. The smallest absolute Gasteiger partial charge is 0.265 e. The first-order valence-electron chi connectivity index (χ1n) is 6.14. The van der Waals surface area contributed by atoms with Gasteiger partial charge < -0.3 is 15.8 Å². The van der Waals surface area contributed by atoms with Crippen molar-refractivity contribution in [2.45, 2.75) is 13.0 Å². The van der Waals surface area contributed by atoms with Crippen LogP contribution in [0.2, 0.25) is 0 Å². The van der Waals surface area contributed by atoms with Crippen molar-refractivity contribution in [1.29, 1.82) is 0 Å². The molecule has 0 saturated carbocycles. The zero-order chi connectivity index (χ0) is 14.5. The summed E-state index contributed by atoms with van der Waals surface area (Å²) in [5.74, 6) is -0.435. The molecule has 0 heterocycles. The molecule has 0 spiro atoms. The van der Waals surface area contributed by atoms with Crippen LogP contribution >= 0.6 is 0 Å². The topological polar surface area (TPSA) is 64.3 Å². The molecule has 0 radical (unpaired) electrons. The fourth-order valence-electron chi connectivity index (χ4n) is 1.64. The van der Waals surface area contributed by atoms with Gasteiger partial charge in [-0.25, -0.2) is 4.39 Å². The zero-order valence-electron chi connectivity index (χ0n) is 11.0. The lowest BCUT2D eigenvalue weighted by Gasteiger charge is -2.15. The summed E-state index contributed by atoms with van der Waals surface area (Å²) >= 11 is 0. The van der Waals surface area contributed by atoms with Gasteiger partial charge in [0.15, 0.2) is 6.10 Å². The second kappa shape index (κ2) is 6.06. The van der Waals surface area contributed by atoms with Crippen LogP contribution in [0.1, 0.15) is 6.92 Å². The van der Waals surface area contributed by atoms with E-state index in [4.69, 9.17) is 10.5 Å². The van der Waals surface area contributed by atoms with Crippen molar-refractivity contribution in [3.63, 3.8) is 0 Å². The predicted octanol–water partition coefficient (Wildman–Crippen LogP) is 2.81. The number of hydrogen-bond acceptors (Lipinski definition) is 3. The predicted molar refractivity (Wildman–Crippen MR) is 76.0 cm³/mol. The van der Waals surface area contributed by atoms with E-state index < -0.39 is 17.8 Å². The van der Waals surface area contributed by atoms with E-state index in [2.05, 4.69) is 5.32 Å². The highest BCUT2D eigenvalue weighted by Gasteiger charge is 2.16. The van der Waals surface area contributed by atoms with Crippen molar-refractivity contribution in [2.75, 3.05) is 11.1 Å². The minimum absolute atomic E-state index is 0.125. The number of anilines is 2. The lowest BCUT2D eigenvalue weighted by Crippen LogP contribution is -2.30. The van der Waals surface area contributed by atoms with Gasteiger partial charge in [0.25, 0.3) is 5.91 Å². The highest BCUT2D eigenvalue weighted by Crippen LogP contribution is 2.17. The number of halogens is 1. The Labute approximate surface area is 116 Å². The fourth-order valence-corrected chi connectivity index (χ4v) is 1.64. The van der Waals surface area contributed by atoms with Gasteiger partial charge in [0.2, 0.25) is 0 Å². The highest BCUT2D eigenvalue weighted by molar-refractivity contribution is 5.94. The van der Waals surface area contributed by atoms with E-state index in [1.165, 1.54) is 12.1 Å². The summed E-state index contributed by atoms with van der Waals surface area (Å²) in [6.07, 6.45) is -0.767. The molecule has 1 atom stereocenters. The summed E-state index contributed by atoms with van der Waals surface area (Å²) in [5, 5.41) is 2.47. The largest absolute Gasteiger partial charge is 0.481 e. The Hall–Kier alpha value is -2.56. The van der Waals surface area contributed by atoms with E-state index in [9.17, 15) is 9.18 Å². The van der Waals surface area contributed by atoms with Crippen LogP contribution in [0, 0.1) is 5.82 Å². The lowest BCUT2D eigenvalue weighted by atomic mass is 10.2. The molecule has 5 heteroatoms. The minimum atomic E-state index is -0.767. The summed E-state index contributed by atoms with van der Waals surface area (Å²) in [5.41, 5.74) is 6.29. The summed E-state index contributed by atoms with van der Waals surface area (Å²) in [6.45, 7) is 1.58. The number of para-hydroxylation sites is 1. The van der Waals surface area contributed by atoms with E-state index >= 15 is 0 Å². The number of ether oxygens (including phenoxy) is 1. The molecule has 1 amide bonds. The van der Waals surface area contributed by atoms with Crippen LogP contribution in [0.5, 0.6) is 5.75 Å². The van der Waals surface area contributed by atoms with Crippen LogP contribution in [0.4, 0.5) is 15.8 Å². The third kappa shape index (κ3) is 3.47. The molecule has 0 aromatic heterocycles. The number of amides is 1. The van der Waals surface area contributed by atoms with Crippen LogP contribution in [-0.2, 0) is 4.79 Å². The summed E-state index contributed by atoms with van der Waals surface area (Å²) in [4.78, 5) is 11.9. The molecule has 104 valence electrons. The van der Waals surface area contributed by atoms with Gasteiger partial charge in [-0.2, -0.15) is 0 Å². The van der Waals surface area contributed by atoms with Crippen LogP contribution < -0.4 is 15.8 Å². The van der Waals surface area contributed by atoms with E-state index in [1.54, 1.807) is 43.3 Å². The Kier molecular flexibility index (Phi) is 4.20. The maximum absolute atomic E-state index is 13.4. The molecular formula is C15H15FN2O2. The lowest BCUT2D eigenvalue weighted by molar-refractivity contribution is -0.122. The maximum atomic E-state index is 13.4. The average molecular weight is 274 g/mol. The van der Waals surface area contributed by atoms with Gasteiger partial charge in [-0.3, -0.25) is 4.79 Å². The van der Waals surface area contributed by atoms with Crippen LogP contribution in [-0.4, -0.2) is 12.0 Å². The molecule has 0 bridgehead atoms. The summed E-state index contributed by atoms with van der Waals surface area (Å²) in [7, 11) is 0. The highest BCUT2D eigenvalue weighted by atomic mass is 19.1. The number of carbonyl (C=O) groups excluding carboxylic acids is 1. The molecule has 2 aromatic rings. The Morgan fingerprint density at radius 1 is 1.25 bits per heavy atom. The molecule has 20 heavy (non-hydrogen) atoms. The standard InChI is InChI=1S/C15H15FN2O2/c1-10(20-12-6-4-5-11(17)9-12)15(19)18-14-8-3-2-7-13(14)16/h2-10H,17H2,1H3,(H,18,19)/t10-/m0/s1. The first kappa shape index (κ1) is 13.9. The second-order valence-electron chi connectivity index (χ2n) is 4.30. The van der Waals surface area contributed by atoms with Gasteiger partial charge in [-0.15, -0.1) is 0 Å². The molecule has 0 aliphatic carbocycles. The van der Waals surface area contributed by atoms with Crippen molar-refractivity contribution in [2.24, 2.45) is 0 Å². The summed E-state index contributed by atoms with van der Waals surface area (Å²) < 4.78 is 18.9. The van der Waals surface area contributed by atoms with Gasteiger partial charge in [0.05, 0.1) is 5.69 Å². The quantitative estimate of drug-likeness (QED) is 0.843. The van der Waals surface area contributed by atoms with Crippen molar-refractivity contribution in [3.05, 3.63) is 54.3 Å². The summed E-state index contributed by atoms with van der Waals surface area (Å²) in [6, 6.07) is 12.7. The van der Waals surface area contributed by atoms with Crippen molar-refractivity contribution >= 4 is 17.3 Å². The number of nitrogens with one attached hydrogen (secondary N) is 1. The number of rotatable bonds is 4. The zero-order valence-corrected chi connectivity index (χ0v) is 11.0. The number of benzene rings is 2. The Morgan fingerprint density at radius 3 is 2.70 bits per heavy atom. The molecule has 2 aromatic carbocycles. The number of nitrogens with two attached hydrogens (primary N) is 1. The van der Waals surface area contributed by atoms with E-state index in [-0.39, 0.29) is 5.69 Å². The number of nitrogen functional groups attached to an aromatic ring is 1. The van der Waals surface area contributed by atoms with Crippen molar-refractivity contribution < 1.29 is 13.9 Å².